The molecule has 10 heteroatoms. The number of ether oxygens (including phenoxy) is 1. The van der Waals surface area contributed by atoms with E-state index in [4.69, 9.17) is 9.72 Å². The van der Waals surface area contributed by atoms with Crippen molar-refractivity contribution in [3.05, 3.63) is 48.5 Å². The minimum Gasteiger partial charge on any atom is -0.423 e. The molecule has 1 aromatic carbocycles. The van der Waals surface area contributed by atoms with Crippen molar-refractivity contribution in [2.45, 2.75) is 12.5 Å². The van der Waals surface area contributed by atoms with Crippen LogP contribution in [0.5, 0.6) is 11.8 Å². The van der Waals surface area contributed by atoms with Crippen molar-refractivity contribution in [1.29, 1.82) is 0 Å². The van der Waals surface area contributed by atoms with Gasteiger partial charge in [-0.05, 0) is 49.2 Å². The molecule has 2 aliphatic rings. The summed E-state index contributed by atoms with van der Waals surface area (Å²) >= 11 is 0. The summed E-state index contributed by atoms with van der Waals surface area (Å²) in [5, 5.41) is 12.5. The molecule has 7 rings (SSSR count). The molecule has 6 heterocycles. The van der Waals surface area contributed by atoms with Crippen LogP contribution in [0.25, 0.3) is 27.5 Å². The van der Waals surface area contributed by atoms with Crippen LogP contribution in [0.1, 0.15) is 6.42 Å². The third-order valence-electron chi connectivity index (χ3n) is 6.99. The van der Waals surface area contributed by atoms with E-state index in [1.807, 2.05) is 18.2 Å². The Morgan fingerprint density at radius 3 is 3.00 bits per heavy atom. The lowest BCUT2D eigenvalue weighted by molar-refractivity contribution is 0.440. The molecule has 2 saturated heterocycles. The minimum absolute atomic E-state index is 0.233. The molecule has 0 amide bonds. The summed E-state index contributed by atoms with van der Waals surface area (Å²) in [5.41, 5.74) is 3.05. The number of fused-ring (bicyclic) bond motifs is 5. The highest BCUT2D eigenvalue weighted by Crippen LogP contribution is 2.39. The molecule has 2 atom stereocenters. The molecule has 5 aromatic rings. The van der Waals surface area contributed by atoms with Crippen LogP contribution >= 0.6 is 0 Å². The first kappa shape index (κ1) is 19.5. The van der Waals surface area contributed by atoms with Gasteiger partial charge in [-0.1, -0.05) is 0 Å². The van der Waals surface area contributed by atoms with Crippen LogP contribution in [-0.2, 0) is 0 Å². The summed E-state index contributed by atoms with van der Waals surface area (Å²) in [6, 6.07) is 9.41. The molecule has 0 aliphatic carbocycles. The Bertz CT molecular complexity index is 1550. The average Bonchev–Trinajstić information content (AvgIpc) is 3.60. The van der Waals surface area contributed by atoms with Gasteiger partial charge >= 0.3 is 6.01 Å². The number of H-pyrrole nitrogens is 1. The normalized spacial score (nSPS) is 20.0. The predicted octanol–water partition coefficient (Wildman–Crippen LogP) is 3.53. The van der Waals surface area contributed by atoms with Gasteiger partial charge in [-0.2, -0.15) is 15.1 Å². The maximum atomic E-state index is 14.5. The lowest BCUT2D eigenvalue weighted by Gasteiger charge is -2.20. The molecule has 3 N–H and O–H groups in total. The fourth-order valence-corrected chi connectivity index (χ4v) is 5.38. The molecule has 2 aliphatic heterocycles. The lowest BCUT2D eigenvalue weighted by Crippen LogP contribution is -2.30. The quantitative estimate of drug-likeness (QED) is 0.379. The van der Waals surface area contributed by atoms with Crippen LogP contribution in [0.2, 0.25) is 0 Å². The van der Waals surface area contributed by atoms with Crippen molar-refractivity contribution in [3.63, 3.8) is 0 Å². The number of aromatic nitrogens is 5. The van der Waals surface area contributed by atoms with Crippen molar-refractivity contribution >= 4 is 39.0 Å². The molecule has 0 saturated carbocycles. The van der Waals surface area contributed by atoms with E-state index >= 15 is 0 Å². The van der Waals surface area contributed by atoms with E-state index in [1.165, 1.54) is 6.07 Å². The Hall–Kier alpha value is -3.92. The number of halogens is 1. The molecule has 1 unspecified atom stereocenters. The molecule has 0 spiro atoms. The Morgan fingerprint density at radius 2 is 2.12 bits per heavy atom. The second kappa shape index (κ2) is 7.29. The van der Waals surface area contributed by atoms with Gasteiger partial charge in [-0.15, -0.1) is 0 Å². The molecular formula is C24H23FN8O. The van der Waals surface area contributed by atoms with Crippen LogP contribution in [0, 0.1) is 11.7 Å². The van der Waals surface area contributed by atoms with Gasteiger partial charge in [-0.3, -0.25) is 0 Å². The number of hydrogen-bond donors (Lipinski definition) is 3. The first-order valence-electron chi connectivity index (χ1n) is 11.5. The number of nitrogens with one attached hydrogen (secondary N) is 3. The first-order chi connectivity index (χ1) is 16.7. The second-order valence-corrected chi connectivity index (χ2v) is 8.99. The van der Waals surface area contributed by atoms with Gasteiger partial charge in [0.15, 0.2) is 0 Å². The monoisotopic (exact) mass is 458 g/mol. The topological polar surface area (TPSA) is 95.4 Å². The number of rotatable bonds is 4. The number of hydrogen-bond acceptors (Lipinski definition) is 7. The van der Waals surface area contributed by atoms with Crippen molar-refractivity contribution < 1.29 is 9.13 Å². The molecule has 0 bridgehead atoms. The maximum absolute atomic E-state index is 14.5. The van der Waals surface area contributed by atoms with E-state index in [0.29, 0.717) is 29.0 Å². The highest BCUT2D eigenvalue weighted by Gasteiger charge is 2.37. The number of aromatic amines is 1. The smallest absolute Gasteiger partial charge is 0.326 e. The van der Waals surface area contributed by atoms with Crippen LogP contribution < -0.4 is 20.3 Å². The van der Waals surface area contributed by atoms with Crippen molar-refractivity contribution in [2.75, 3.05) is 36.9 Å². The highest BCUT2D eigenvalue weighted by molar-refractivity contribution is 6.14. The third kappa shape index (κ3) is 2.98. The first-order valence-corrected chi connectivity index (χ1v) is 11.5. The molecule has 4 aromatic heterocycles. The Labute approximate surface area is 193 Å². The van der Waals surface area contributed by atoms with Gasteiger partial charge in [0.2, 0.25) is 0 Å². The predicted molar refractivity (Wildman–Crippen MR) is 128 cm³/mol. The maximum Gasteiger partial charge on any atom is 0.326 e. The molecular weight excluding hydrogens is 435 g/mol. The van der Waals surface area contributed by atoms with E-state index < -0.39 is 0 Å². The minimum atomic E-state index is -0.309. The fraction of sp³-hybridized carbons (Fsp3) is 0.292. The van der Waals surface area contributed by atoms with Gasteiger partial charge in [0.05, 0.1) is 28.3 Å². The van der Waals surface area contributed by atoms with Crippen molar-refractivity contribution in [2.24, 2.45) is 5.92 Å². The molecule has 172 valence electrons. The molecule has 0 radical (unpaired) electrons. The van der Waals surface area contributed by atoms with E-state index in [9.17, 15) is 4.39 Å². The molecule has 2 fully saturated rings. The van der Waals surface area contributed by atoms with Crippen molar-refractivity contribution in [1.82, 2.24) is 29.9 Å². The standard InChI is InChI=1S/C24H23FN8O/c1-26-18-9-14(25)8-17-20-22(29-21(17)18)30-24(34-16-3-2-15-5-7-28-33(15)11-16)31-23(20)32-10-13-4-6-27-19(13)12-32/h2-3,5,7-9,11,13,19,26-27H,4,6,10,12H2,1H3,(H,29,30,31)/t13?,19-/m0/s1. The van der Waals surface area contributed by atoms with E-state index in [2.05, 4.69) is 30.6 Å². The summed E-state index contributed by atoms with van der Waals surface area (Å²) < 4.78 is 22.3. The number of anilines is 2. The summed E-state index contributed by atoms with van der Waals surface area (Å²) in [6.07, 6.45) is 4.68. The zero-order chi connectivity index (χ0) is 22.8. The Morgan fingerprint density at radius 1 is 1.18 bits per heavy atom. The largest absolute Gasteiger partial charge is 0.423 e. The third-order valence-corrected chi connectivity index (χ3v) is 6.99. The van der Waals surface area contributed by atoms with Gasteiger partial charge < -0.3 is 25.3 Å². The average molecular weight is 459 g/mol. The Kier molecular flexibility index (Phi) is 4.19. The SMILES string of the molecule is CNc1cc(F)cc2c1[nH]c1nc(Oc3ccc4ccnn4c3)nc(N3CC4CCN[C@H]4C3)c12. The van der Waals surface area contributed by atoms with E-state index in [1.54, 1.807) is 30.0 Å². The van der Waals surface area contributed by atoms with E-state index in [0.717, 1.165) is 53.7 Å². The molecule has 34 heavy (non-hydrogen) atoms. The summed E-state index contributed by atoms with van der Waals surface area (Å²) in [4.78, 5) is 15.2. The van der Waals surface area contributed by atoms with Gasteiger partial charge in [-0.25, -0.2) is 8.91 Å². The zero-order valence-corrected chi connectivity index (χ0v) is 18.5. The summed E-state index contributed by atoms with van der Waals surface area (Å²) in [5.74, 6) is 1.61. The van der Waals surface area contributed by atoms with E-state index in [-0.39, 0.29) is 11.8 Å². The van der Waals surface area contributed by atoms with Crippen LogP contribution in [0.15, 0.2) is 42.7 Å². The van der Waals surface area contributed by atoms with Gasteiger partial charge in [0.25, 0.3) is 0 Å². The van der Waals surface area contributed by atoms with Crippen LogP contribution in [0.3, 0.4) is 0 Å². The fourth-order valence-electron chi connectivity index (χ4n) is 5.38. The Balaban J connectivity index is 1.40. The van der Waals surface area contributed by atoms with Crippen LogP contribution in [0.4, 0.5) is 15.9 Å². The van der Waals surface area contributed by atoms with Crippen LogP contribution in [-0.4, -0.2) is 57.3 Å². The highest BCUT2D eigenvalue weighted by atomic mass is 19.1. The number of nitrogens with zero attached hydrogens (tertiary/aromatic N) is 5. The molecule has 9 nitrogen and oxygen atoms in total. The number of benzene rings is 1. The number of pyridine rings is 1. The summed E-state index contributed by atoms with van der Waals surface area (Å²) in [6.45, 7) is 2.79. The lowest BCUT2D eigenvalue weighted by atomic mass is 10.1. The zero-order valence-electron chi connectivity index (χ0n) is 18.5. The second-order valence-electron chi connectivity index (χ2n) is 8.99. The van der Waals surface area contributed by atoms with Gasteiger partial charge in [0.1, 0.15) is 23.0 Å². The summed E-state index contributed by atoms with van der Waals surface area (Å²) in [7, 11) is 1.78. The van der Waals surface area contributed by atoms with Crippen molar-refractivity contribution in [3.8, 4) is 11.8 Å². The van der Waals surface area contributed by atoms with Gasteiger partial charge in [0, 0.05) is 37.8 Å².